The zero-order valence-electron chi connectivity index (χ0n) is 5.92. The fourth-order valence-electron chi connectivity index (χ4n) is 1.26. The minimum Gasteiger partial charge on any atom is -0.389 e. The second kappa shape index (κ2) is 1.95. The van der Waals surface area contributed by atoms with Crippen LogP contribution in [-0.4, -0.2) is 4.37 Å². The molecule has 0 spiro atoms. The van der Waals surface area contributed by atoms with Crippen LogP contribution in [0.5, 0.6) is 0 Å². The van der Waals surface area contributed by atoms with Gasteiger partial charge in [-0.15, -0.1) is 0 Å². The Morgan fingerprint density at radius 2 is 2.30 bits per heavy atom. The molecular formula is C7H10N2S. The van der Waals surface area contributed by atoms with Gasteiger partial charge >= 0.3 is 0 Å². The Balaban J connectivity index is 2.44. The molecule has 54 valence electrons. The van der Waals surface area contributed by atoms with Crippen molar-refractivity contribution < 1.29 is 0 Å². The van der Waals surface area contributed by atoms with E-state index in [-0.39, 0.29) is 0 Å². The summed E-state index contributed by atoms with van der Waals surface area (Å²) < 4.78 is 4.19. The van der Waals surface area contributed by atoms with Gasteiger partial charge < -0.3 is 5.73 Å². The van der Waals surface area contributed by atoms with Crippen LogP contribution in [0.3, 0.4) is 0 Å². The molecule has 2 rings (SSSR count). The summed E-state index contributed by atoms with van der Waals surface area (Å²) >= 11 is 1.43. The number of aryl methyl sites for hydroxylation is 1. The lowest BCUT2D eigenvalue weighted by atomic mass is 10.2. The summed E-state index contributed by atoms with van der Waals surface area (Å²) in [4.78, 5) is 0. The van der Waals surface area contributed by atoms with E-state index in [1.54, 1.807) is 0 Å². The molecule has 0 amide bonds. The summed E-state index contributed by atoms with van der Waals surface area (Å²) in [5.74, 6) is 0.749. The first-order valence-corrected chi connectivity index (χ1v) is 4.28. The number of nitrogens with zero attached hydrogens (tertiary/aromatic N) is 1. The van der Waals surface area contributed by atoms with Gasteiger partial charge in [0.15, 0.2) is 0 Å². The first kappa shape index (κ1) is 6.16. The van der Waals surface area contributed by atoms with Crippen LogP contribution >= 0.6 is 11.5 Å². The average molecular weight is 154 g/mol. The van der Waals surface area contributed by atoms with Crippen molar-refractivity contribution in [2.45, 2.75) is 25.7 Å². The first-order valence-electron chi connectivity index (χ1n) is 3.50. The molecule has 1 aliphatic rings. The summed E-state index contributed by atoms with van der Waals surface area (Å²) in [5, 5.41) is 0.931. The van der Waals surface area contributed by atoms with Crippen molar-refractivity contribution in [1.29, 1.82) is 0 Å². The predicted octanol–water partition coefficient (Wildman–Crippen LogP) is 1.91. The zero-order chi connectivity index (χ0) is 7.14. The second-order valence-electron chi connectivity index (χ2n) is 2.82. The second-order valence-corrected chi connectivity index (χ2v) is 3.63. The fourth-order valence-corrected chi connectivity index (χ4v) is 2.01. The topological polar surface area (TPSA) is 38.9 Å². The van der Waals surface area contributed by atoms with Gasteiger partial charge in [0, 0.05) is 5.56 Å². The third-order valence-electron chi connectivity index (χ3n) is 1.92. The van der Waals surface area contributed by atoms with E-state index in [0.29, 0.717) is 0 Å². The molecule has 1 fully saturated rings. The SMILES string of the molecule is Cc1nsc(N)c1C1CC1. The quantitative estimate of drug-likeness (QED) is 0.671. The highest BCUT2D eigenvalue weighted by Gasteiger charge is 2.28. The number of aromatic nitrogens is 1. The number of hydrogen-bond acceptors (Lipinski definition) is 3. The van der Waals surface area contributed by atoms with Crippen LogP contribution in [0.15, 0.2) is 0 Å². The molecular weight excluding hydrogens is 144 g/mol. The molecule has 2 nitrogen and oxygen atoms in total. The van der Waals surface area contributed by atoms with Gasteiger partial charge in [0.25, 0.3) is 0 Å². The molecule has 2 N–H and O–H groups in total. The molecule has 0 unspecified atom stereocenters. The van der Waals surface area contributed by atoms with Crippen LogP contribution in [0.4, 0.5) is 5.00 Å². The van der Waals surface area contributed by atoms with E-state index in [2.05, 4.69) is 4.37 Å². The van der Waals surface area contributed by atoms with Crippen LogP contribution < -0.4 is 5.73 Å². The molecule has 0 saturated heterocycles. The maximum atomic E-state index is 5.74. The first-order chi connectivity index (χ1) is 4.79. The van der Waals surface area contributed by atoms with Crippen LogP contribution in [0, 0.1) is 6.92 Å². The molecule has 1 saturated carbocycles. The van der Waals surface area contributed by atoms with E-state index in [0.717, 1.165) is 16.6 Å². The highest BCUT2D eigenvalue weighted by molar-refractivity contribution is 7.10. The molecule has 1 aliphatic carbocycles. The molecule has 0 radical (unpaired) electrons. The molecule has 3 heteroatoms. The lowest BCUT2D eigenvalue weighted by molar-refractivity contribution is 1.09. The van der Waals surface area contributed by atoms with E-state index in [4.69, 9.17) is 5.73 Å². The van der Waals surface area contributed by atoms with Crippen LogP contribution in [0.1, 0.15) is 30.0 Å². The minimum absolute atomic E-state index is 0.749. The third-order valence-corrected chi connectivity index (χ3v) is 2.70. The Kier molecular flexibility index (Phi) is 1.20. The summed E-state index contributed by atoms with van der Waals surface area (Å²) in [6.07, 6.45) is 2.62. The Morgan fingerprint density at radius 1 is 1.60 bits per heavy atom. The van der Waals surface area contributed by atoms with Gasteiger partial charge in [-0.05, 0) is 37.2 Å². The number of rotatable bonds is 1. The molecule has 0 bridgehead atoms. The van der Waals surface area contributed by atoms with Crippen molar-refractivity contribution in [3.05, 3.63) is 11.3 Å². The number of hydrogen-bond donors (Lipinski definition) is 1. The summed E-state index contributed by atoms with van der Waals surface area (Å²) in [7, 11) is 0. The van der Waals surface area contributed by atoms with Crippen molar-refractivity contribution in [2.24, 2.45) is 0 Å². The standard InChI is InChI=1S/C7H10N2S/c1-4-6(5-2-3-5)7(8)10-9-4/h5H,2-3,8H2,1H3. The normalized spacial score (nSPS) is 17.7. The van der Waals surface area contributed by atoms with Gasteiger partial charge in [-0.2, -0.15) is 4.37 Å². The Labute approximate surface area is 64.2 Å². The van der Waals surface area contributed by atoms with Crippen LogP contribution in [-0.2, 0) is 0 Å². The van der Waals surface area contributed by atoms with Crippen LogP contribution in [0.25, 0.3) is 0 Å². The van der Waals surface area contributed by atoms with E-state index in [1.807, 2.05) is 6.92 Å². The van der Waals surface area contributed by atoms with Crippen molar-refractivity contribution >= 4 is 16.5 Å². The van der Waals surface area contributed by atoms with Crippen molar-refractivity contribution in [3.8, 4) is 0 Å². The van der Waals surface area contributed by atoms with E-state index in [1.165, 1.54) is 29.9 Å². The molecule has 0 aliphatic heterocycles. The van der Waals surface area contributed by atoms with Gasteiger partial charge in [-0.3, -0.25) is 0 Å². The monoisotopic (exact) mass is 154 g/mol. The van der Waals surface area contributed by atoms with E-state index in [9.17, 15) is 0 Å². The maximum Gasteiger partial charge on any atom is 0.110 e. The lowest BCUT2D eigenvalue weighted by Gasteiger charge is -1.93. The smallest absolute Gasteiger partial charge is 0.110 e. The van der Waals surface area contributed by atoms with Crippen molar-refractivity contribution in [2.75, 3.05) is 5.73 Å². The minimum atomic E-state index is 0.749. The summed E-state index contributed by atoms with van der Waals surface area (Å²) in [5.41, 5.74) is 8.21. The molecule has 1 aromatic rings. The van der Waals surface area contributed by atoms with Crippen LogP contribution in [0.2, 0.25) is 0 Å². The van der Waals surface area contributed by atoms with Gasteiger partial charge in [0.2, 0.25) is 0 Å². The Morgan fingerprint density at radius 3 is 2.70 bits per heavy atom. The predicted molar refractivity (Wildman–Crippen MR) is 43.2 cm³/mol. The Hall–Kier alpha value is -0.570. The van der Waals surface area contributed by atoms with E-state index < -0.39 is 0 Å². The van der Waals surface area contributed by atoms with Crippen molar-refractivity contribution in [1.82, 2.24) is 4.37 Å². The number of anilines is 1. The molecule has 10 heavy (non-hydrogen) atoms. The summed E-state index contributed by atoms with van der Waals surface area (Å²) in [6.45, 7) is 2.04. The van der Waals surface area contributed by atoms with Gasteiger partial charge in [-0.25, -0.2) is 0 Å². The third kappa shape index (κ3) is 0.814. The van der Waals surface area contributed by atoms with Gasteiger partial charge in [0.1, 0.15) is 5.00 Å². The van der Waals surface area contributed by atoms with Gasteiger partial charge in [-0.1, -0.05) is 0 Å². The maximum absolute atomic E-state index is 5.74. The molecule has 0 aromatic carbocycles. The average Bonchev–Trinajstić information content (AvgIpc) is 2.64. The van der Waals surface area contributed by atoms with Crippen molar-refractivity contribution in [3.63, 3.8) is 0 Å². The Bertz CT molecular complexity index is 231. The number of nitrogen functional groups attached to an aromatic ring is 1. The fraction of sp³-hybridized carbons (Fsp3) is 0.571. The van der Waals surface area contributed by atoms with Gasteiger partial charge in [0.05, 0.1) is 5.69 Å². The highest BCUT2D eigenvalue weighted by atomic mass is 32.1. The number of nitrogens with two attached hydrogens (primary N) is 1. The van der Waals surface area contributed by atoms with E-state index >= 15 is 0 Å². The zero-order valence-corrected chi connectivity index (χ0v) is 6.74. The highest BCUT2D eigenvalue weighted by Crippen LogP contribution is 2.45. The lowest BCUT2D eigenvalue weighted by Crippen LogP contribution is -1.87. The summed E-state index contributed by atoms with van der Waals surface area (Å²) in [6, 6.07) is 0. The largest absolute Gasteiger partial charge is 0.389 e. The molecule has 0 atom stereocenters. The molecule has 1 aromatic heterocycles. The molecule has 1 heterocycles.